The molecule has 0 aromatic carbocycles. The van der Waals surface area contributed by atoms with Crippen LogP contribution in [-0.4, -0.2) is 26.8 Å². The molecule has 0 heterocycles. The molecular formula is C10H16O6S. The highest BCUT2D eigenvalue weighted by atomic mass is 32.2. The summed E-state index contributed by atoms with van der Waals surface area (Å²) in [4.78, 5) is 21.9. The summed E-state index contributed by atoms with van der Waals surface area (Å²) in [6.45, 7) is 6.76. The Kier molecular flexibility index (Phi) is 7.40. The minimum absolute atomic E-state index is 0.0105. The van der Waals surface area contributed by atoms with Crippen molar-refractivity contribution in [1.29, 1.82) is 0 Å². The molecule has 0 fully saturated rings. The summed E-state index contributed by atoms with van der Waals surface area (Å²) < 4.78 is 27.5. The van der Waals surface area contributed by atoms with Crippen LogP contribution in [0.2, 0.25) is 0 Å². The molecule has 3 unspecified atom stereocenters. The van der Waals surface area contributed by atoms with E-state index in [2.05, 4.69) is 10.8 Å². The van der Waals surface area contributed by atoms with Crippen LogP contribution in [0.15, 0.2) is 12.7 Å². The van der Waals surface area contributed by atoms with Crippen LogP contribution in [0.25, 0.3) is 0 Å². The SMILES string of the molecule is C=CC(=O)OC(C)C(C)CCC(=O)OS(=O)O. The van der Waals surface area contributed by atoms with Gasteiger partial charge in [-0.3, -0.25) is 9.35 Å². The standard InChI is InChI=1S/C10H16O6S/c1-4-9(11)15-8(3)7(2)5-6-10(12)16-17(13)14/h4,7-8H,1,5-6H2,2-3H3,(H,13,14). The van der Waals surface area contributed by atoms with Crippen LogP contribution >= 0.6 is 0 Å². The maximum atomic E-state index is 11.0. The zero-order valence-electron chi connectivity index (χ0n) is 9.75. The van der Waals surface area contributed by atoms with E-state index in [1.807, 2.05) is 0 Å². The van der Waals surface area contributed by atoms with Crippen LogP contribution < -0.4 is 0 Å². The summed E-state index contributed by atoms with van der Waals surface area (Å²) >= 11 is -2.58. The smallest absolute Gasteiger partial charge is 0.360 e. The van der Waals surface area contributed by atoms with Crippen molar-refractivity contribution in [2.24, 2.45) is 5.92 Å². The van der Waals surface area contributed by atoms with Gasteiger partial charge in [-0.25, -0.2) is 4.79 Å². The van der Waals surface area contributed by atoms with Crippen molar-refractivity contribution < 1.29 is 27.3 Å². The van der Waals surface area contributed by atoms with Crippen molar-refractivity contribution in [3.63, 3.8) is 0 Å². The number of carbonyl (C=O) groups is 2. The fourth-order valence-corrected chi connectivity index (χ4v) is 1.29. The second-order valence-electron chi connectivity index (χ2n) is 3.53. The number of hydrogen-bond acceptors (Lipinski definition) is 5. The van der Waals surface area contributed by atoms with Gasteiger partial charge in [0.2, 0.25) is 0 Å². The van der Waals surface area contributed by atoms with Crippen molar-refractivity contribution >= 4 is 23.3 Å². The Morgan fingerprint density at radius 2 is 2.06 bits per heavy atom. The Bertz CT molecular complexity index is 314. The van der Waals surface area contributed by atoms with Crippen molar-refractivity contribution in [3.05, 3.63) is 12.7 Å². The van der Waals surface area contributed by atoms with Gasteiger partial charge < -0.3 is 8.92 Å². The third-order valence-electron chi connectivity index (χ3n) is 2.24. The van der Waals surface area contributed by atoms with Crippen molar-refractivity contribution in [1.82, 2.24) is 0 Å². The fourth-order valence-electron chi connectivity index (χ4n) is 1.05. The Balaban J connectivity index is 3.96. The molecule has 0 saturated heterocycles. The second kappa shape index (κ2) is 7.97. The first-order chi connectivity index (χ1) is 7.86. The second-order valence-corrected chi connectivity index (χ2v) is 4.14. The van der Waals surface area contributed by atoms with E-state index >= 15 is 0 Å². The van der Waals surface area contributed by atoms with Gasteiger partial charge in [-0.05, 0) is 19.3 Å². The monoisotopic (exact) mass is 264 g/mol. The molecule has 0 spiro atoms. The third kappa shape index (κ3) is 7.64. The maximum Gasteiger partial charge on any atom is 0.360 e. The lowest BCUT2D eigenvalue weighted by atomic mass is 10.0. The van der Waals surface area contributed by atoms with Crippen LogP contribution in [0.4, 0.5) is 0 Å². The van der Waals surface area contributed by atoms with Gasteiger partial charge in [0, 0.05) is 12.5 Å². The van der Waals surface area contributed by atoms with E-state index in [-0.39, 0.29) is 18.4 Å². The van der Waals surface area contributed by atoms with Gasteiger partial charge in [0.05, 0.1) is 0 Å². The Hall–Kier alpha value is -1.21. The van der Waals surface area contributed by atoms with Gasteiger partial charge in [0.25, 0.3) is 0 Å². The molecule has 0 saturated carbocycles. The van der Waals surface area contributed by atoms with Crippen LogP contribution in [0.5, 0.6) is 0 Å². The topological polar surface area (TPSA) is 89.9 Å². The van der Waals surface area contributed by atoms with Gasteiger partial charge in [-0.1, -0.05) is 13.5 Å². The van der Waals surface area contributed by atoms with E-state index in [9.17, 15) is 13.8 Å². The molecule has 0 radical (unpaired) electrons. The highest BCUT2D eigenvalue weighted by Gasteiger charge is 2.17. The van der Waals surface area contributed by atoms with Gasteiger partial charge in [0.1, 0.15) is 6.10 Å². The quantitative estimate of drug-likeness (QED) is 0.422. The number of hydrogen-bond donors (Lipinski definition) is 1. The van der Waals surface area contributed by atoms with E-state index in [0.717, 1.165) is 6.08 Å². The van der Waals surface area contributed by atoms with E-state index in [4.69, 9.17) is 9.29 Å². The van der Waals surface area contributed by atoms with E-state index in [0.29, 0.717) is 6.42 Å². The van der Waals surface area contributed by atoms with Gasteiger partial charge >= 0.3 is 23.3 Å². The number of rotatable bonds is 7. The minimum atomic E-state index is -2.58. The summed E-state index contributed by atoms with van der Waals surface area (Å²) in [7, 11) is 0. The van der Waals surface area contributed by atoms with E-state index in [1.54, 1.807) is 13.8 Å². The molecule has 0 aromatic rings. The molecule has 1 N–H and O–H groups in total. The first-order valence-electron chi connectivity index (χ1n) is 5.01. The average Bonchev–Trinajstić information content (AvgIpc) is 2.24. The van der Waals surface area contributed by atoms with Crippen molar-refractivity contribution in [2.75, 3.05) is 0 Å². The van der Waals surface area contributed by atoms with Crippen molar-refractivity contribution in [3.8, 4) is 0 Å². The summed E-state index contributed by atoms with van der Waals surface area (Å²) in [6, 6.07) is 0. The normalized spacial score (nSPS) is 15.5. The highest BCUT2D eigenvalue weighted by molar-refractivity contribution is 7.74. The molecule has 7 heteroatoms. The lowest BCUT2D eigenvalue weighted by Gasteiger charge is -2.18. The number of esters is 1. The van der Waals surface area contributed by atoms with Gasteiger partial charge in [-0.15, -0.1) is 0 Å². The van der Waals surface area contributed by atoms with Crippen molar-refractivity contribution in [2.45, 2.75) is 32.8 Å². The molecule has 98 valence electrons. The number of ether oxygens (including phenoxy) is 1. The highest BCUT2D eigenvalue weighted by Crippen LogP contribution is 2.14. The van der Waals surface area contributed by atoms with Crippen LogP contribution in [-0.2, 0) is 29.9 Å². The molecule has 0 aliphatic heterocycles. The molecule has 0 aliphatic carbocycles. The molecule has 6 nitrogen and oxygen atoms in total. The predicted molar refractivity (Wildman–Crippen MR) is 61.0 cm³/mol. The minimum Gasteiger partial charge on any atom is -0.459 e. The molecular weight excluding hydrogens is 248 g/mol. The summed E-state index contributed by atoms with van der Waals surface area (Å²) in [5.74, 6) is -1.36. The molecule has 0 aliphatic rings. The van der Waals surface area contributed by atoms with Crippen LogP contribution in [0.1, 0.15) is 26.7 Å². The zero-order chi connectivity index (χ0) is 13.4. The first kappa shape index (κ1) is 15.8. The maximum absolute atomic E-state index is 11.0. The lowest BCUT2D eigenvalue weighted by Crippen LogP contribution is -2.22. The number of carbonyl (C=O) groups excluding carboxylic acids is 2. The van der Waals surface area contributed by atoms with Gasteiger partial charge in [0.15, 0.2) is 0 Å². The fraction of sp³-hybridized carbons (Fsp3) is 0.600. The Morgan fingerprint density at radius 1 is 1.47 bits per heavy atom. The third-order valence-corrected chi connectivity index (χ3v) is 2.57. The molecule has 17 heavy (non-hydrogen) atoms. The molecule has 0 aromatic heterocycles. The molecule has 3 atom stereocenters. The van der Waals surface area contributed by atoms with Crippen LogP contribution in [0.3, 0.4) is 0 Å². The molecule has 0 rings (SSSR count). The predicted octanol–water partition coefficient (Wildman–Crippen LogP) is 1.20. The van der Waals surface area contributed by atoms with E-state index < -0.39 is 23.3 Å². The largest absolute Gasteiger partial charge is 0.459 e. The summed E-state index contributed by atoms with van der Waals surface area (Å²) in [5.41, 5.74) is 0. The molecule has 0 bridgehead atoms. The van der Waals surface area contributed by atoms with Gasteiger partial charge in [-0.2, -0.15) is 4.21 Å². The van der Waals surface area contributed by atoms with Crippen LogP contribution in [0, 0.1) is 5.92 Å². The average molecular weight is 264 g/mol. The Labute approximate surface area is 102 Å². The summed E-state index contributed by atoms with van der Waals surface area (Å²) in [6.07, 6.45) is 1.07. The molecule has 0 amide bonds. The Morgan fingerprint density at radius 3 is 2.53 bits per heavy atom. The lowest BCUT2D eigenvalue weighted by molar-refractivity contribution is -0.144. The zero-order valence-corrected chi connectivity index (χ0v) is 10.6. The van der Waals surface area contributed by atoms with E-state index in [1.165, 1.54) is 0 Å². The first-order valence-corrected chi connectivity index (χ1v) is 6.05. The summed E-state index contributed by atoms with van der Waals surface area (Å²) in [5, 5.41) is 0.